The van der Waals surface area contributed by atoms with Crippen molar-refractivity contribution < 1.29 is 4.79 Å². The number of nitriles is 1. The SMILES string of the molecule is CSc1nc2nc(C)c(CCC(=O)Nc3ccc([C@@H](C#N)c4ccccc4)c(Cl)c3)c(C)n2n1. The number of hydrogen-bond acceptors (Lipinski definition) is 6. The molecule has 4 rings (SSSR count). The van der Waals surface area contributed by atoms with Crippen molar-refractivity contribution in [2.45, 2.75) is 37.8 Å². The Morgan fingerprint density at radius 1 is 1.21 bits per heavy atom. The number of fused-ring (bicyclic) bond motifs is 1. The maximum atomic E-state index is 12.7. The Morgan fingerprint density at radius 3 is 2.65 bits per heavy atom. The first-order chi connectivity index (χ1) is 16.4. The van der Waals surface area contributed by atoms with Gasteiger partial charge in [-0.2, -0.15) is 10.2 Å². The molecule has 0 fully saturated rings. The van der Waals surface area contributed by atoms with Gasteiger partial charge in [0.25, 0.3) is 5.78 Å². The lowest BCUT2D eigenvalue weighted by molar-refractivity contribution is -0.116. The van der Waals surface area contributed by atoms with Crippen LogP contribution in [-0.2, 0) is 11.2 Å². The van der Waals surface area contributed by atoms with E-state index in [4.69, 9.17) is 11.6 Å². The molecule has 1 atom stereocenters. The largest absolute Gasteiger partial charge is 0.326 e. The molecule has 1 amide bonds. The highest BCUT2D eigenvalue weighted by atomic mass is 35.5. The zero-order valence-corrected chi connectivity index (χ0v) is 20.6. The van der Waals surface area contributed by atoms with Crippen LogP contribution in [0.1, 0.15) is 40.4 Å². The molecular weight excluding hydrogens is 468 g/mol. The van der Waals surface area contributed by atoms with Crippen molar-refractivity contribution in [3.05, 3.63) is 81.6 Å². The molecule has 0 aliphatic heterocycles. The summed E-state index contributed by atoms with van der Waals surface area (Å²) in [5.41, 5.74) is 4.92. The Morgan fingerprint density at radius 2 is 1.97 bits per heavy atom. The molecule has 2 heterocycles. The van der Waals surface area contributed by atoms with Crippen LogP contribution in [0.5, 0.6) is 0 Å². The van der Waals surface area contributed by atoms with Crippen LogP contribution in [0.2, 0.25) is 5.02 Å². The van der Waals surface area contributed by atoms with Crippen molar-refractivity contribution in [1.82, 2.24) is 19.6 Å². The highest BCUT2D eigenvalue weighted by Gasteiger charge is 2.18. The van der Waals surface area contributed by atoms with E-state index in [0.29, 0.717) is 33.6 Å². The van der Waals surface area contributed by atoms with Crippen LogP contribution in [0.25, 0.3) is 5.78 Å². The average molecular weight is 491 g/mol. The Labute approximate surface area is 207 Å². The molecule has 1 N–H and O–H groups in total. The predicted octanol–water partition coefficient (Wildman–Crippen LogP) is 5.34. The Hall–Kier alpha value is -3.41. The molecule has 34 heavy (non-hydrogen) atoms. The normalized spacial score (nSPS) is 11.9. The number of benzene rings is 2. The number of nitrogens with zero attached hydrogens (tertiary/aromatic N) is 5. The lowest BCUT2D eigenvalue weighted by atomic mass is 9.92. The number of carbonyl (C=O) groups is 1. The molecule has 7 nitrogen and oxygen atoms in total. The monoisotopic (exact) mass is 490 g/mol. The molecule has 9 heteroatoms. The minimum absolute atomic E-state index is 0.133. The highest BCUT2D eigenvalue weighted by molar-refractivity contribution is 7.98. The summed E-state index contributed by atoms with van der Waals surface area (Å²) < 4.78 is 1.73. The quantitative estimate of drug-likeness (QED) is 0.351. The summed E-state index contributed by atoms with van der Waals surface area (Å²) in [6.07, 6.45) is 2.73. The van der Waals surface area contributed by atoms with Gasteiger partial charge in [0.05, 0.1) is 12.0 Å². The van der Waals surface area contributed by atoms with E-state index in [1.807, 2.05) is 50.4 Å². The number of aryl methyl sites for hydroxylation is 2. The minimum Gasteiger partial charge on any atom is -0.326 e. The van der Waals surface area contributed by atoms with E-state index in [0.717, 1.165) is 22.5 Å². The van der Waals surface area contributed by atoms with Crippen LogP contribution < -0.4 is 5.32 Å². The van der Waals surface area contributed by atoms with E-state index in [9.17, 15) is 10.1 Å². The number of anilines is 1. The first kappa shape index (κ1) is 23.7. The fourth-order valence-electron chi connectivity index (χ4n) is 3.91. The summed E-state index contributed by atoms with van der Waals surface area (Å²) in [5, 5.41) is 18.1. The van der Waals surface area contributed by atoms with Crippen molar-refractivity contribution in [3.8, 4) is 6.07 Å². The summed E-state index contributed by atoms with van der Waals surface area (Å²) >= 11 is 7.95. The minimum atomic E-state index is -0.477. The molecule has 4 aromatic rings. The van der Waals surface area contributed by atoms with Gasteiger partial charge >= 0.3 is 0 Å². The van der Waals surface area contributed by atoms with Gasteiger partial charge in [0, 0.05) is 28.5 Å². The third-order valence-electron chi connectivity index (χ3n) is 5.67. The topological polar surface area (TPSA) is 96.0 Å². The molecule has 0 bridgehead atoms. The molecule has 0 aliphatic rings. The average Bonchev–Trinajstić information content (AvgIpc) is 3.25. The Bertz CT molecular complexity index is 1400. The maximum Gasteiger partial charge on any atom is 0.253 e. The van der Waals surface area contributed by atoms with Crippen LogP contribution in [0, 0.1) is 25.2 Å². The lowest BCUT2D eigenvalue weighted by Crippen LogP contribution is -2.14. The van der Waals surface area contributed by atoms with Gasteiger partial charge in [-0.25, -0.2) is 9.50 Å². The lowest BCUT2D eigenvalue weighted by Gasteiger charge is -2.14. The molecule has 0 saturated heterocycles. The maximum absolute atomic E-state index is 12.7. The first-order valence-electron chi connectivity index (χ1n) is 10.7. The highest BCUT2D eigenvalue weighted by Crippen LogP contribution is 2.32. The van der Waals surface area contributed by atoms with Crippen LogP contribution in [0.15, 0.2) is 53.7 Å². The van der Waals surface area contributed by atoms with E-state index in [1.54, 1.807) is 22.7 Å². The van der Waals surface area contributed by atoms with Crippen LogP contribution in [0.3, 0.4) is 0 Å². The van der Waals surface area contributed by atoms with Gasteiger partial charge in [-0.05, 0) is 55.3 Å². The van der Waals surface area contributed by atoms with Crippen molar-refractivity contribution in [2.75, 3.05) is 11.6 Å². The van der Waals surface area contributed by atoms with Crippen LogP contribution in [-0.4, -0.2) is 31.7 Å². The summed E-state index contributed by atoms with van der Waals surface area (Å²) in [4.78, 5) is 21.6. The standard InChI is InChI=1S/C25H23ClN6OS/c1-15-19(16(2)32-24(28-15)30-25(31-32)34-3)11-12-23(33)29-18-9-10-20(22(26)13-18)21(14-27)17-7-5-4-6-8-17/h4-10,13,21H,11-12H2,1-3H3,(H,29,33)/t21-/m0/s1. The molecule has 0 aliphatic carbocycles. The second kappa shape index (κ2) is 10.2. The molecule has 2 aromatic carbocycles. The summed E-state index contributed by atoms with van der Waals surface area (Å²) in [6, 6.07) is 17.1. The number of halogens is 1. The van der Waals surface area contributed by atoms with Gasteiger partial charge in [0.2, 0.25) is 11.1 Å². The summed E-state index contributed by atoms with van der Waals surface area (Å²) in [5.74, 6) is -0.0466. The van der Waals surface area contributed by atoms with Crippen molar-refractivity contribution in [1.29, 1.82) is 5.26 Å². The number of amides is 1. The van der Waals surface area contributed by atoms with Gasteiger partial charge in [0.1, 0.15) is 0 Å². The van der Waals surface area contributed by atoms with Crippen molar-refractivity contribution >= 4 is 40.7 Å². The number of aromatic nitrogens is 4. The number of carbonyl (C=O) groups excluding carboxylic acids is 1. The Kier molecular flexibility index (Phi) is 7.15. The smallest absolute Gasteiger partial charge is 0.253 e. The zero-order valence-electron chi connectivity index (χ0n) is 19.0. The van der Waals surface area contributed by atoms with Gasteiger partial charge in [-0.1, -0.05) is 59.8 Å². The van der Waals surface area contributed by atoms with Gasteiger partial charge in [-0.15, -0.1) is 5.10 Å². The van der Waals surface area contributed by atoms with E-state index in [1.165, 1.54) is 11.8 Å². The molecule has 0 radical (unpaired) electrons. The Balaban J connectivity index is 1.46. The van der Waals surface area contributed by atoms with Gasteiger partial charge in [-0.3, -0.25) is 4.79 Å². The first-order valence-corrected chi connectivity index (χ1v) is 12.3. The molecule has 0 saturated carbocycles. The predicted molar refractivity (Wildman–Crippen MR) is 134 cm³/mol. The molecular formula is C25H23ClN6OS. The number of rotatable bonds is 7. The number of hydrogen-bond donors (Lipinski definition) is 1. The van der Waals surface area contributed by atoms with Gasteiger partial charge in [0.15, 0.2) is 0 Å². The van der Waals surface area contributed by atoms with E-state index in [-0.39, 0.29) is 12.3 Å². The third-order valence-corrected chi connectivity index (χ3v) is 6.54. The van der Waals surface area contributed by atoms with E-state index in [2.05, 4.69) is 26.5 Å². The number of nitrogens with one attached hydrogen (secondary N) is 1. The second-order valence-corrected chi connectivity index (χ2v) is 9.01. The fourth-order valence-corrected chi connectivity index (χ4v) is 4.53. The van der Waals surface area contributed by atoms with E-state index < -0.39 is 5.92 Å². The van der Waals surface area contributed by atoms with Crippen molar-refractivity contribution in [2.24, 2.45) is 0 Å². The molecule has 0 spiro atoms. The number of thioether (sulfide) groups is 1. The van der Waals surface area contributed by atoms with Crippen LogP contribution >= 0.6 is 23.4 Å². The fraction of sp³-hybridized carbons (Fsp3) is 0.240. The van der Waals surface area contributed by atoms with Gasteiger partial charge < -0.3 is 5.32 Å². The third kappa shape index (κ3) is 4.91. The summed E-state index contributed by atoms with van der Waals surface area (Å²) in [7, 11) is 0. The van der Waals surface area contributed by atoms with Crippen LogP contribution in [0.4, 0.5) is 5.69 Å². The molecule has 2 aromatic heterocycles. The second-order valence-electron chi connectivity index (χ2n) is 7.83. The van der Waals surface area contributed by atoms with E-state index >= 15 is 0 Å². The zero-order chi connectivity index (χ0) is 24.2. The molecule has 0 unspecified atom stereocenters. The van der Waals surface area contributed by atoms with Crippen molar-refractivity contribution in [3.63, 3.8) is 0 Å². The summed E-state index contributed by atoms with van der Waals surface area (Å²) in [6.45, 7) is 3.88. The molecule has 172 valence electrons.